The molecule has 1 N–H and O–H groups in total. The molecule has 88 valence electrons. The molecule has 0 aliphatic rings. The van der Waals surface area contributed by atoms with Gasteiger partial charge < -0.3 is 4.98 Å². The molecule has 2 aromatic rings. The van der Waals surface area contributed by atoms with E-state index in [1.807, 2.05) is 18.2 Å². The summed E-state index contributed by atoms with van der Waals surface area (Å²) in [5.74, 6) is 1.64. The van der Waals surface area contributed by atoms with Crippen molar-refractivity contribution in [3.8, 4) is 0 Å². The van der Waals surface area contributed by atoms with E-state index >= 15 is 0 Å². The number of nitrogens with one attached hydrogen (secondary N) is 1. The van der Waals surface area contributed by atoms with E-state index in [0.717, 1.165) is 20.5 Å². The fourth-order valence-corrected chi connectivity index (χ4v) is 3.02. The number of aromatic amines is 1. The summed E-state index contributed by atoms with van der Waals surface area (Å²) in [5, 5.41) is 0. The fourth-order valence-electron chi connectivity index (χ4n) is 1.20. The second kappa shape index (κ2) is 6.13. The van der Waals surface area contributed by atoms with E-state index < -0.39 is 0 Å². The van der Waals surface area contributed by atoms with Crippen molar-refractivity contribution >= 4 is 55.8 Å². The van der Waals surface area contributed by atoms with Gasteiger partial charge in [0.05, 0.1) is 10.2 Å². The van der Waals surface area contributed by atoms with Crippen LogP contribution in [0.1, 0.15) is 5.82 Å². The van der Waals surface area contributed by atoms with Gasteiger partial charge in [-0.3, -0.25) is 0 Å². The van der Waals surface area contributed by atoms with Crippen LogP contribution in [0.5, 0.6) is 0 Å². The van der Waals surface area contributed by atoms with E-state index in [2.05, 4.69) is 47.9 Å². The van der Waals surface area contributed by atoms with Crippen LogP contribution in [0.15, 0.2) is 44.3 Å². The van der Waals surface area contributed by atoms with Crippen LogP contribution in [-0.4, -0.2) is 9.97 Å². The molecule has 0 fully saturated rings. The van der Waals surface area contributed by atoms with Crippen molar-refractivity contribution in [2.45, 2.75) is 10.6 Å². The first-order valence-electron chi connectivity index (χ1n) is 4.78. The fraction of sp³-hybridized carbons (Fsp3) is 0.0909. The van der Waals surface area contributed by atoms with Gasteiger partial charge in [0, 0.05) is 15.6 Å². The van der Waals surface area contributed by atoms with E-state index in [1.165, 1.54) is 4.90 Å². The number of thioether (sulfide) groups is 1. The summed E-state index contributed by atoms with van der Waals surface area (Å²) in [6.45, 7) is 0. The highest BCUT2D eigenvalue weighted by molar-refractivity contribution is 9.10. The molecule has 0 saturated heterocycles. The smallest absolute Gasteiger partial charge is 0.120 e. The zero-order valence-corrected chi connectivity index (χ0v) is 13.4. The molecule has 0 saturated carbocycles. The number of hydrogen-bond acceptors (Lipinski definition) is 3. The standard InChI is InChI=1S/C11H8Br2N2S2/c12-7-3-1-2-4-9(7)17-6-10-14-5-8(13)11(16)15-10/h1-5H,6H2,(H,14,15,16). The third-order valence-electron chi connectivity index (χ3n) is 2.01. The van der Waals surface area contributed by atoms with Gasteiger partial charge in [-0.15, -0.1) is 11.8 Å². The summed E-state index contributed by atoms with van der Waals surface area (Å²) in [6.07, 6.45) is 1.73. The second-order valence-electron chi connectivity index (χ2n) is 3.23. The van der Waals surface area contributed by atoms with Crippen LogP contribution < -0.4 is 0 Å². The molecular weight excluding hydrogens is 384 g/mol. The van der Waals surface area contributed by atoms with Gasteiger partial charge in [0.15, 0.2) is 0 Å². The van der Waals surface area contributed by atoms with Gasteiger partial charge in [0.1, 0.15) is 10.5 Å². The molecule has 1 aromatic carbocycles. The lowest BCUT2D eigenvalue weighted by Gasteiger charge is -2.04. The Balaban J connectivity index is 2.10. The van der Waals surface area contributed by atoms with Crippen LogP contribution >= 0.6 is 55.8 Å². The third-order valence-corrected chi connectivity index (χ3v) is 5.23. The minimum absolute atomic E-state index is 0.683. The van der Waals surface area contributed by atoms with E-state index in [-0.39, 0.29) is 0 Å². The van der Waals surface area contributed by atoms with Gasteiger partial charge in [-0.05, 0) is 44.0 Å². The number of H-pyrrole nitrogens is 1. The van der Waals surface area contributed by atoms with Crippen molar-refractivity contribution in [3.05, 3.63) is 49.9 Å². The van der Waals surface area contributed by atoms with Gasteiger partial charge in [0.2, 0.25) is 0 Å². The molecule has 1 heterocycles. The first-order chi connectivity index (χ1) is 8.16. The molecule has 0 atom stereocenters. The first-order valence-corrected chi connectivity index (χ1v) is 7.76. The summed E-state index contributed by atoms with van der Waals surface area (Å²) < 4.78 is 2.60. The summed E-state index contributed by atoms with van der Waals surface area (Å²) in [7, 11) is 0. The van der Waals surface area contributed by atoms with Crippen molar-refractivity contribution < 1.29 is 0 Å². The summed E-state index contributed by atoms with van der Waals surface area (Å²) in [6, 6.07) is 8.12. The molecular formula is C11H8Br2N2S2. The molecule has 2 nitrogen and oxygen atoms in total. The van der Waals surface area contributed by atoms with Crippen molar-refractivity contribution in [2.24, 2.45) is 0 Å². The lowest BCUT2D eigenvalue weighted by Crippen LogP contribution is -1.92. The Morgan fingerprint density at radius 3 is 2.71 bits per heavy atom. The minimum atomic E-state index is 0.683. The van der Waals surface area contributed by atoms with Crippen molar-refractivity contribution in [1.82, 2.24) is 9.97 Å². The number of nitrogens with zero attached hydrogens (tertiary/aromatic N) is 1. The van der Waals surface area contributed by atoms with E-state index in [4.69, 9.17) is 12.2 Å². The van der Waals surface area contributed by atoms with Gasteiger partial charge >= 0.3 is 0 Å². The quantitative estimate of drug-likeness (QED) is 0.592. The van der Waals surface area contributed by atoms with Crippen LogP contribution in [0.4, 0.5) is 0 Å². The Kier molecular flexibility index (Phi) is 4.78. The molecule has 0 aliphatic carbocycles. The summed E-state index contributed by atoms with van der Waals surface area (Å²) >= 11 is 13.7. The molecule has 0 bridgehead atoms. The molecule has 0 spiro atoms. The largest absolute Gasteiger partial charge is 0.333 e. The zero-order chi connectivity index (χ0) is 12.3. The normalized spacial score (nSPS) is 10.5. The lowest BCUT2D eigenvalue weighted by molar-refractivity contribution is 1.01. The van der Waals surface area contributed by atoms with Crippen LogP contribution in [-0.2, 0) is 5.75 Å². The van der Waals surface area contributed by atoms with E-state index in [1.54, 1.807) is 18.0 Å². The maximum absolute atomic E-state index is 5.14. The molecule has 2 rings (SSSR count). The predicted octanol–water partition coefficient (Wildman–Crippen LogP) is 4.96. The number of aromatic nitrogens is 2. The average Bonchev–Trinajstić information content (AvgIpc) is 2.32. The van der Waals surface area contributed by atoms with Gasteiger partial charge in [-0.1, -0.05) is 24.4 Å². The Hall–Kier alpha value is -0.170. The summed E-state index contributed by atoms with van der Waals surface area (Å²) in [5.41, 5.74) is 0. The number of rotatable bonds is 3. The minimum Gasteiger partial charge on any atom is -0.333 e. The molecule has 6 heteroatoms. The Labute approximate surface area is 126 Å². The van der Waals surface area contributed by atoms with E-state index in [0.29, 0.717) is 4.64 Å². The van der Waals surface area contributed by atoms with Crippen LogP contribution in [0.25, 0.3) is 0 Å². The van der Waals surface area contributed by atoms with Crippen molar-refractivity contribution in [1.29, 1.82) is 0 Å². The van der Waals surface area contributed by atoms with Crippen molar-refractivity contribution in [2.75, 3.05) is 0 Å². The maximum atomic E-state index is 5.14. The van der Waals surface area contributed by atoms with Gasteiger partial charge in [-0.25, -0.2) is 4.98 Å². The van der Waals surface area contributed by atoms with Gasteiger partial charge in [-0.2, -0.15) is 0 Å². The SMILES string of the molecule is S=c1[nH]c(CSc2ccccc2Br)ncc1Br. The molecule has 1 aromatic heterocycles. The molecule has 0 radical (unpaired) electrons. The lowest BCUT2D eigenvalue weighted by atomic mass is 10.4. The highest BCUT2D eigenvalue weighted by atomic mass is 79.9. The molecule has 0 unspecified atom stereocenters. The molecule has 17 heavy (non-hydrogen) atoms. The topological polar surface area (TPSA) is 28.7 Å². The average molecular weight is 392 g/mol. The maximum Gasteiger partial charge on any atom is 0.120 e. The number of benzene rings is 1. The first kappa shape index (κ1) is 13.3. The predicted molar refractivity (Wildman–Crippen MR) is 80.8 cm³/mol. The summed E-state index contributed by atoms with van der Waals surface area (Å²) in [4.78, 5) is 8.56. The Bertz CT molecular complexity index is 584. The Morgan fingerprint density at radius 1 is 1.24 bits per heavy atom. The zero-order valence-electron chi connectivity index (χ0n) is 8.61. The highest BCUT2D eigenvalue weighted by Gasteiger charge is 2.02. The Morgan fingerprint density at radius 2 is 2.00 bits per heavy atom. The molecule has 0 aliphatic heterocycles. The van der Waals surface area contributed by atoms with Crippen LogP contribution in [0.2, 0.25) is 0 Å². The van der Waals surface area contributed by atoms with Crippen LogP contribution in [0.3, 0.4) is 0 Å². The number of halogens is 2. The second-order valence-corrected chi connectivity index (χ2v) is 6.36. The van der Waals surface area contributed by atoms with E-state index in [9.17, 15) is 0 Å². The monoisotopic (exact) mass is 390 g/mol. The molecule has 0 amide bonds. The number of hydrogen-bond donors (Lipinski definition) is 1. The van der Waals surface area contributed by atoms with Gasteiger partial charge in [0.25, 0.3) is 0 Å². The van der Waals surface area contributed by atoms with Crippen molar-refractivity contribution in [3.63, 3.8) is 0 Å². The van der Waals surface area contributed by atoms with Crippen LogP contribution in [0, 0.1) is 4.64 Å². The highest BCUT2D eigenvalue weighted by Crippen LogP contribution is 2.28. The third kappa shape index (κ3) is 3.64.